The minimum Gasteiger partial charge on any atom is -0.476 e. The van der Waals surface area contributed by atoms with E-state index in [1.165, 1.54) is 0 Å². The van der Waals surface area contributed by atoms with Gasteiger partial charge in [-0.3, -0.25) is 0 Å². The maximum atomic E-state index is 11.4. The Morgan fingerprint density at radius 3 is 2.43 bits per heavy atom. The monoisotopic (exact) mass is 288 g/mol. The summed E-state index contributed by atoms with van der Waals surface area (Å²) in [4.78, 5) is 11.4. The highest BCUT2D eigenvalue weighted by molar-refractivity contribution is 5.92. The van der Waals surface area contributed by atoms with Gasteiger partial charge in [0.15, 0.2) is 5.69 Å². The van der Waals surface area contributed by atoms with Gasteiger partial charge < -0.3 is 10.8 Å². The molecule has 0 aliphatic rings. The second-order valence-corrected chi connectivity index (χ2v) is 5.08. The first-order valence-electron chi connectivity index (χ1n) is 7.09. The molecule has 0 radical (unpaired) electrons. The molecule has 21 heavy (non-hydrogen) atoms. The number of carboxylic acid groups (broad SMARTS) is 1. The summed E-state index contributed by atoms with van der Waals surface area (Å²) in [6.07, 6.45) is 2.03. The number of nitrogens with two attached hydrogens (primary N) is 1. The fraction of sp³-hybridized carbons (Fsp3) is 0.400. The number of nitrogens with zero attached hydrogens (tertiary/aromatic N) is 3. The normalized spacial score (nSPS) is 11.0. The van der Waals surface area contributed by atoms with Crippen molar-refractivity contribution in [1.82, 2.24) is 15.0 Å². The lowest BCUT2D eigenvalue weighted by Gasteiger charge is -2.14. The second-order valence-electron chi connectivity index (χ2n) is 5.08. The van der Waals surface area contributed by atoms with Gasteiger partial charge >= 0.3 is 5.97 Å². The number of benzene rings is 1. The van der Waals surface area contributed by atoms with Crippen LogP contribution < -0.4 is 5.73 Å². The molecule has 2 aromatic rings. The molecule has 0 atom stereocenters. The molecule has 6 nitrogen and oxygen atoms in total. The third-order valence-corrected chi connectivity index (χ3v) is 3.71. The molecule has 0 bridgehead atoms. The molecular formula is C15H20N4O2. The Morgan fingerprint density at radius 2 is 1.90 bits per heavy atom. The molecule has 0 unspecified atom stereocenters. The number of carbonyl (C=O) groups is 1. The van der Waals surface area contributed by atoms with Gasteiger partial charge in [0.1, 0.15) is 5.69 Å². The number of aromatic carboxylic acids is 1. The molecule has 3 N–H and O–H groups in total. The van der Waals surface area contributed by atoms with Crippen molar-refractivity contribution in [2.75, 3.05) is 5.73 Å². The first kappa shape index (κ1) is 15.0. The van der Waals surface area contributed by atoms with Crippen molar-refractivity contribution in [1.29, 1.82) is 0 Å². The Hall–Kier alpha value is -2.37. The summed E-state index contributed by atoms with van der Waals surface area (Å²) < 4.78 is 1.69. The summed E-state index contributed by atoms with van der Waals surface area (Å²) in [7, 11) is 0. The van der Waals surface area contributed by atoms with E-state index in [2.05, 4.69) is 24.2 Å². The molecule has 0 saturated heterocycles. The van der Waals surface area contributed by atoms with Crippen LogP contribution in [0.25, 0.3) is 11.3 Å². The molecule has 1 heterocycles. The van der Waals surface area contributed by atoms with E-state index in [-0.39, 0.29) is 5.69 Å². The lowest BCUT2D eigenvalue weighted by Crippen LogP contribution is -2.12. The van der Waals surface area contributed by atoms with Crippen LogP contribution in [0.15, 0.2) is 24.3 Å². The molecule has 2 rings (SSSR count). The average Bonchev–Trinajstić information content (AvgIpc) is 2.89. The Balaban J connectivity index is 2.47. The zero-order valence-corrected chi connectivity index (χ0v) is 12.3. The summed E-state index contributed by atoms with van der Waals surface area (Å²) >= 11 is 0. The summed E-state index contributed by atoms with van der Waals surface area (Å²) in [5.74, 6) is -0.626. The molecule has 0 amide bonds. The SMILES string of the molecule is CCC(CC)Cn1nnc(C(=O)O)c1-c1ccc(N)cc1. The van der Waals surface area contributed by atoms with Crippen molar-refractivity contribution in [3.63, 3.8) is 0 Å². The highest BCUT2D eigenvalue weighted by Crippen LogP contribution is 2.25. The van der Waals surface area contributed by atoms with Crippen molar-refractivity contribution < 1.29 is 9.90 Å². The van der Waals surface area contributed by atoms with E-state index < -0.39 is 5.97 Å². The summed E-state index contributed by atoms with van der Waals surface area (Å²) in [6.45, 7) is 4.89. The first-order chi connectivity index (χ1) is 10.1. The van der Waals surface area contributed by atoms with Gasteiger partial charge in [0, 0.05) is 17.8 Å². The number of carboxylic acids is 1. The summed E-state index contributed by atoms with van der Waals surface area (Å²) in [5.41, 5.74) is 7.59. The standard InChI is InChI=1S/C15H20N4O2/c1-3-10(4-2)9-19-14(13(15(20)21)17-18-19)11-5-7-12(16)8-6-11/h5-8,10H,3-4,9,16H2,1-2H3,(H,20,21). The lowest BCUT2D eigenvalue weighted by molar-refractivity contribution is 0.0691. The van der Waals surface area contributed by atoms with Gasteiger partial charge in [-0.15, -0.1) is 5.10 Å². The second kappa shape index (κ2) is 6.39. The molecule has 1 aromatic carbocycles. The van der Waals surface area contributed by atoms with Crippen LogP contribution in [-0.4, -0.2) is 26.1 Å². The van der Waals surface area contributed by atoms with Crippen LogP contribution in [0.3, 0.4) is 0 Å². The van der Waals surface area contributed by atoms with Gasteiger partial charge in [0.05, 0.1) is 0 Å². The smallest absolute Gasteiger partial charge is 0.358 e. The molecule has 112 valence electrons. The third-order valence-electron chi connectivity index (χ3n) is 3.71. The first-order valence-corrected chi connectivity index (χ1v) is 7.09. The van der Waals surface area contributed by atoms with Gasteiger partial charge in [-0.1, -0.05) is 44.0 Å². The fourth-order valence-electron chi connectivity index (χ4n) is 2.30. The Kier molecular flexibility index (Phi) is 4.57. The molecule has 0 aliphatic carbocycles. The molecule has 0 fully saturated rings. The van der Waals surface area contributed by atoms with Gasteiger partial charge in [-0.05, 0) is 18.1 Å². The number of anilines is 1. The fourth-order valence-corrected chi connectivity index (χ4v) is 2.30. The molecular weight excluding hydrogens is 268 g/mol. The van der Waals surface area contributed by atoms with Crippen LogP contribution in [-0.2, 0) is 6.54 Å². The highest BCUT2D eigenvalue weighted by Gasteiger charge is 2.21. The molecule has 0 aliphatic heterocycles. The van der Waals surface area contributed by atoms with Gasteiger partial charge in [0.2, 0.25) is 0 Å². The highest BCUT2D eigenvalue weighted by atomic mass is 16.4. The van der Waals surface area contributed by atoms with Crippen molar-refractivity contribution in [2.24, 2.45) is 5.92 Å². The van der Waals surface area contributed by atoms with Crippen molar-refractivity contribution in [3.05, 3.63) is 30.0 Å². The molecule has 0 saturated carbocycles. The van der Waals surface area contributed by atoms with E-state index in [4.69, 9.17) is 5.73 Å². The van der Waals surface area contributed by atoms with E-state index in [1.807, 2.05) is 0 Å². The zero-order chi connectivity index (χ0) is 15.4. The van der Waals surface area contributed by atoms with E-state index in [0.717, 1.165) is 18.4 Å². The van der Waals surface area contributed by atoms with Gasteiger partial charge in [-0.25, -0.2) is 9.48 Å². The third kappa shape index (κ3) is 3.21. The van der Waals surface area contributed by atoms with Crippen LogP contribution in [0, 0.1) is 5.92 Å². The van der Waals surface area contributed by atoms with Crippen LogP contribution >= 0.6 is 0 Å². The van der Waals surface area contributed by atoms with Gasteiger partial charge in [0.25, 0.3) is 0 Å². The van der Waals surface area contributed by atoms with Crippen LogP contribution in [0.1, 0.15) is 37.2 Å². The van der Waals surface area contributed by atoms with Gasteiger partial charge in [-0.2, -0.15) is 0 Å². The maximum absolute atomic E-state index is 11.4. The minimum absolute atomic E-state index is 0.0225. The lowest BCUT2D eigenvalue weighted by atomic mass is 10.0. The summed E-state index contributed by atoms with van der Waals surface area (Å²) in [5, 5.41) is 17.1. The van der Waals surface area contributed by atoms with Crippen LogP contribution in [0.5, 0.6) is 0 Å². The number of aromatic nitrogens is 3. The number of hydrogen-bond acceptors (Lipinski definition) is 4. The molecule has 0 spiro atoms. The average molecular weight is 288 g/mol. The van der Waals surface area contributed by atoms with Crippen molar-refractivity contribution >= 4 is 11.7 Å². The largest absolute Gasteiger partial charge is 0.476 e. The number of rotatable bonds is 6. The number of nitrogen functional groups attached to an aromatic ring is 1. The number of hydrogen-bond donors (Lipinski definition) is 2. The van der Waals surface area contributed by atoms with E-state index in [1.54, 1.807) is 28.9 Å². The molecule has 6 heteroatoms. The zero-order valence-electron chi connectivity index (χ0n) is 12.3. The predicted molar refractivity (Wildman–Crippen MR) is 80.9 cm³/mol. The van der Waals surface area contributed by atoms with E-state index >= 15 is 0 Å². The predicted octanol–water partition coefficient (Wildman–Crippen LogP) is 2.66. The van der Waals surface area contributed by atoms with Crippen LogP contribution in [0.4, 0.5) is 5.69 Å². The Bertz CT molecular complexity index is 615. The maximum Gasteiger partial charge on any atom is 0.358 e. The van der Waals surface area contributed by atoms with Crippen molar-refractivity contribution in [3.8, 4) is 11.3 Å². The van der Waals surface area contributed by atoms with Crippen molar-refractivity contribution in [2.45, 2.75) is 33.2 Å². The summed E-state index contributed by atoms with van der Waals surface area (Å²) in [6, 6.07) is 7.08. The van der Waals surface area contributed by atoms with Crippen LogP contribution in [0.2, 0.25) is 0 Å². The molecule has 1 aromatic heterocycles. The van der Waals surface area contributed by atoms with E-state index in [0.29, 0.717) is 23.8 Å². The van der Waals surface area contributed by atoms with E-state index in [9.17, 15) is 9.90 Å². The Labute approximate surface area is 123 Å². The Morgan fingerprint density at radius 1 is 1.29 bits per heavy atom. The topological polar surface area (TPSA) is 94.0 Å². The quantitative estimate of drug-likeness (QED) is 0.797. The minimum atomic E-state index is -1.07.